The van der Waals surface area contributed by atoms with Crippen molar-refractivity contribution in [2.45, 2.75) is 64.2 Å². The van der Waals surface area contributed by atoms with E-state index in [9.17, 15) is 13.0 Å². The summed E-state index contributed by atoms with van der Waals surface area (Å²) in [6.07, 6.45) is 0. The van der Waals surface area contributed by atoms with E-state index in [1.54, 1.807) is 6.07 Å². The highest BCUT2D eigenvalue weighted by Gasteiger charge is 2.22. The third-order valence-electron chi connectivity index (χ3n) is 4.34. The van der Waals surface area contributed by atoms with Gasteiger partial charge >= 0.3 is 0 Å². The lowest BCUT2D eigenvalue weighted by Gasteiger charge is -2.21. The van der Waals surface area contributed by atoms with E-state index in [-0.39, 0.29) is 16.7 Å². The number of hydrogen-bond donors (Lipinski definition) is 1. The maximum atomic E-state index is 11.9. The Bertz CT molecular complexity index is 831. The molecule has 1 N–H and O–H groups in total. The predicted octanol–water partition coefficient (Wildman–Crippen LogP) is 5.46. The van der Waals surface area contributed by atoms with E-state index in [1.165, 1.54) is 0 Å². The summed E-state index contributed by atoms with van der Waals surface area (Å²) in [4.78, 5) is 0.0168. The smallest absolute Gasteiger partial charge is 0.282 e. The Morgan fingerprint density at radius 2 is 1.43 bits per heavy atom. The topological polar surface area (TPSA) is 54.4 Å². The second-order valence-corrected chi connectivity index (χ2v) is 8.51. The Balaban J connectivity index is 3.03. The highest BCUT2D eigenvalue weighted by atomic mass is 32.2. The van der Waals surface area contributed by atoms with Crippen LogP contribution in [0.15, 0.2) is 29.2 Å². The van der Waals surface area contributed by atoms with Crippen LogP contribution in [-0.2, 0) is 10.1 Å². The molecule has 126 valence electrons. The summed E-state index contributed by atoms with van der Waals surface area (Å²) >= 11 is 0. The molecule has 0 spiro atoms. The first-order chi connectivity index (χ1) is 10.5. The standard InChI is InChI=1S/C19H26O3S/c1-11(2)14-7-8-15-17(9-14)18(23(20,21)22)10-16(12(3)4)19(15)13(5)6/h7-13H,1-6H3,(H,20,21,22). The minimum Gasteiger partial charge on any atom is -0.282 e. The van der Waals surface area contributed by atoms with Crippen LogP contribution in [0.2, 0.25) is 0 Å². The van der Waals surface area contributed by atoms with Crippen molar-refractivity contribution in [1.29, 1.82) is 0 Å². The van der Waals surface area contributed by atoms with Crippen molar-refractivity contribution >= 4 is 20.9 Å². The molecule has 2 aromatic rings. The van der Waals surface area contributed by atoms with E-state index in [1.807, 2.05) is 26.0 Å². The first-order valence-electron chi connectivity index (χ1n) is 8.12. The molecule has 0 saturated heterocycles. The summed E-state index contributed by atoms with van der Waals surface area (Å²) in [6, 6.07) is 7.61. The number of rotatable bonds is 4. The lowest BCUT2D eigenvalue weighted by atomic mass is 9.85. The Morgan fingerprint density at radius 1 is 0.826 bits per heavy atom. The summed E-state index contributed by atoms with van der Waals surface area (Å²) in [6.45, 7) is 12.5. The fourth-order valence-corrected chi connectivity index (χ4v) is 3.87. The molecule has 0 amide bonds. The molecule has 3 nitrogen and oxygen atoms in total. The monoisotopic (exact) mass is 334 g/mol. The van der Waals surface area contributed by atoms with Gasteiger partial charge in [0.05, 0.1) is 0 Å². The molecule has 0 bridgehead atoms. The Hall–Kier alpha value is -1.39. The fraction of sp³-hybridized carbons (Fsp3) is 0.474. The number of fused-ring (bicyclic) bond motifs is 1. The van der Waals surface area contributed by atoms with Gasteiger partial charge in [0.25, 0.3) is 10.1 Å². The molecule has 0 atom stereocenters. The fourth-order valence-electron chi connectivity index (χ4n) is 3.15. The molecule has 0 fully saturated rings. The molecule has 0 unspecified atom stereocenters. The molecule has 2 rings (SSSR count). The van der Waals surface area contributed by atoms with Gasteiger partial charge in [0.1, 0.15) is 4.90 Å². The van der Waals surface area contributed by atoms with Gasteiger partial charge in [0.15, 0.2) is 0 Å². The Morgan fingerprint density at radius 3 is 1.87 bits per heavy atom. The summed E-state index contributed by atoms with van der Waals surface area (Å²) < 4.78 is 33.6. The second kappa shape index (κ2) is 6.25. The van der Waals surface area contributed by atoms with E-state index in [2.05, 4.69) is 33.8 Å². The zero-order valence-electron chi connectivity index (χ0n) is 14.7. The highest BCUT2D eigenvalue weighted by molar-refractivity contribution is 7.86. The molecular formula is C19H26O3S. The zero-order valence-corrected chi connectivity index (χ0v) is 15.5. The highest BCUT2D eigenvalue weighted by Crippen LogP contribution is 2.38. The molecule has 0 saturated carbocycles. The molecule has 0 aromatic heterocycles. The van der Waals surface area contributed by atoms with E-state index in [0.29, 0.717) is 11.3 Å². The molecule has 0 aliphatic rings. The Kier molecular flexibility index (Phi) is 4.88. The number of hydrogen-bond acceptors (Lipinski definition) is 2. The van der Waals surface area contributed by atoms with E-state index < -0.39 is 10.1 Å². The first kappa shape index (κ1) is 18.0. The van der Waals surface area contributed by atoms with Crippen molar-refractivity contribution in [3.05, 3.63) is 41.0 Å². The van der Waals surface area contributed by atoms with Gasteiger partial charge in [-0.3, -0.25) is 4.55 Å². The molecule has 23 heavy (non-hydrogen) atoms. The van der Waals surface area contributed by atoms with Gasteiger partial charge in [-0.2, -0.15) is 8.42 Å². The van der Waals surface area contributed by atoms with Crippen molar-refractivity contribution in [1.82, 2.24) is 0 Å². The van der Waals surface area contributed by atoms with E-state index >= 15 is 0 Å². The lowest BCUT2D eigenvalue weighted by molar-refractivity contribution is 0.484. The molecular weight excluding hydrogens is 308 g/mol. The van der Waals surface area contributed by atoms with Crippen LogP contribution in [0.5, 0.6) is 0 Å². The third kappa shape index (κ3) is 3.43. The normalized spacial score (nSPS) is 12.8. The third-order valence-corrected chi connectivity index (χ3v) is 5.23. The summed E-state index contributed by atoms with van der Waals surface area (Å²) in [5, 5.41) is 1.54. The van der Waals surface area contributed by atoms with Gasteiger partial charge in [-0.1, -0.05) is 53.7 Å². The van der Waals surface area contributed by atoms with Gasteiger partial charge in [0, 0.05) is 5.39 Å². The molecule has 4 heteroatoms. The predicted molar refractivity (Wildman–Crippen MR) is 96.0 cm³/mol. The van der Waals surface area contributed by atoms with Crippen LogP contribution in [0.1, 0.15) is 76.0 Å². The van der Waals surface area contributed by atoms with Crippen molar-refractivity contribution in [3.8, 4) is 0 Å². The average molecular weight is 334 g/mol. The van der Waals surface area contributed by atoms with Gasteiger partial charge in [0.2, 0.25) is 0 Å². The second-order valence-electron chi connectivity index (χ2n) is 7.12. The van der Waals surface area contributed by atoms with Crippen LogP contribution in [0.25, 0.3) is 10.8 Å². The summed E-state index contributed by atoms with van der Waals surface area (Å²) in [5.74, 6) is 0.748. The quantitative estimate of drug-likeness (QED) is 0.756. The first-order valence-corrected chi connectivity index (χ1v) is 9.56. The molecule has 0 aliphatic heterocycles. The number of benzene rings is 2. The molecule has 0 aliphatic carbocycles. The van der Waals surface area contributed by atoms with E-state index in [0.717, 1.165) is 22.1 Å². The Labute approximate surface area is 139 Å². The van der Waals surface area contributed by atoms with Crippen LogP contribution in [0, 0.1) is 0 Å². The summed E-state index contributed by atoms with van der Waals surface area (Å²) in [5.41, 5.74) is 3.21. The van der Waals surface area contributed by atoms with Crippen LogP contribution < -0.4 is 0 Å². The minimum atomic E-state index is -4.27. The van der Waals surface area contributed by atoms with Crippen LogP contribution >= 0.6 is 0 Å². The lowest BCUT2D eigenvalue weighted by Crippen LogP contribution is -2.07. The van der Waals surface area contributed by atoms with E-state index in [4.69, 9.17) is 0 Å². The van der Waals surface area contributed by atoms with Crippen LogP contribution in [-0.4, -0.2) is 13.0 Å². The van der Waals surface area contributed by atoms with Crippen molar-refractivity contribution in [2.24, 2.45) is 0 Å². The van der Waals surface area contributed by atoms with Gasteiger partial charge in [-0.15, -0.1) is 0 Å². The maximum Gasteiger partial charge on any atom is 0.295 e. The van der Waals surface area contributed by atoms with Crippen molar-refractivity contribution in [3.63, 3.8) is 0 Å². The molecule has 2 aromatic carbocycles. The van der Waals surface area contributed by atoms with Crippen molar-refractivity contribution < 1.29 is 13.0 Å². The zero-order chi connectivity index (χ0) is 17.5. The maximum absolute atomic E-state index is 11.9. The minimum absolute atomic E-state index is 0.0168. The molecule has 0 heterocycles. The molecule has 0 radical (unpaired) electrons. The van der Waals surface area contributed by atoms with Crippen LogP contribution in [0.4, 0.5) is 0 Å². The van der Waals surface area contributed by atoms with Crippen LogP contribution in [0.3, 0.4) is 0 Å². The largest absolute Gasteiger partial charge is 0.295 e. The SMILES string of the molecule is CC(C)c1ccc2c(C(C)C)c(C(C)C)cc(S(=O)(=O)O)c2c1. The van der Waals surface area contributed by atoms with Crippen molar-refractivity contribution in [2.75, 3.05) is 0 Å². The van der Waals surface area contributed by atoms with Gasteiger partial charge < -0.3 is 0 Å². The summed E-state index contributed by atoms with van der Waals surface area (Å²) in [7, 11) is -4.27. The average Bonchev–Trinajstić information content (AvgIpc) is 2.42. The van der Waals surface area contributed by atoms with Gasteiger partial charge in [-0.25, -0.2) is 0 Å². The van der Waals surface area contributed by atoms with Gasteiger partial charge in [-0.05, 0) is 52.0 Å².